The van der Waals surface area contributed by atoms with Crippen molar-refractivity contribution < 1.29 is 19.0 Å². The SMILES string of the molecule is CC[C@H]1OC(C(=O)NCc2ccccc2)[C@@H](OC)[C@@H]1OC. The van der Waals surface area contributed by atoms with Gasteiger partial charge in [-0.3, -0.25) is 4.79 Å². The molecule has 1 unspecified atom stereocenters. The van der Waals surface area contributed by atoms with Gasteiger partial charge in [0.25, 0.3) is 5.91 Å². The first-order valence-electron chi connectivity index (χ1n) is 7.24. The summed E-state index contributed by atoms with van der Waals surface area (Å²) in [5.41, 5.74) is 1.05. The number of methoxy groups -OCH3 is 2. The molecular weight excluding hydrogens is 270 g/mol. The third kappa shape index (κ3) is 3.61. The van der Waals surface area contributed by atoms with Crippen molar-refractivity contribution in [3.63, 3.8) is 0 Å². The summed E-state index contributed by atoms with van der Waals surface area (Å²) in [7, 11) is 3.20. The zero-order valence-electron chi connectivity index (χ0n) is 12.7. The van der Waals surface area contributed by atoms with Gasteiger partial charge in [0, 0.05) is 20.8 Å². The van der Waals surface area contributed by atoms with Gasteiger partial charge in [0.15, 0.2) is 6.10 Å². The van der Waals surface area contributed by atoms with Crippen LogP contribution < -0.4 is 5.32 Å². The second-order valence-electron chi connectivity index (χ2n) is 5.11. The van der Waals surface area contributed by atoms with Crippen LogP contribution in [0.4, 0.5) is 0 Å². The van der Waals surface area contributed by atoms with Crippen LogP contribution in [0, 0.1) is 0 Å². The smallest absolute Gasteiger partial charge is 0.252 e. The van der Waals surface area contributed by atoms with E-state index in [0.717, 1.165) is 12.0 Å². The Morgan fingerprint density at radius 2 is 1.86 bits per heavy atom. The lowest BCUT2D eigenvalue weighted by Gasteiger charge is -2.20. The average Bonchev–Trinajstić information content (AvgIpc) is 2.91. The largest absolute Gasteiger partial charge is 0.376 e. The van der Waals surface area contributed by atoms with Gasteiger partial charge in [0.2, 0.25) is 0 Å². The van der Waals surface area contributed by atoms with E-state index in [0.29, 0.717) is 6.54 Å². The summed E-state index contributed by atoms with van der Waals surface area (Å²) in [5.74, 6) is -0.163. The highest BCUT2D eigenvalue weighted by Gasteiger charge is 2.47. The second-order valence-corrected chi connectivity index (χ2v) is 5.11. The van der Waals surface area contributed by atoms with Gasteiger partial charge >= 0.3 is 0 Å². The van der Waals surface area contributed by atoms with E-state index in [9.17, 15) is 4.79 Å². The lowest BCUT2D eigenvalue weighted by atomic mass is 10.1. The minimum Gasteiger partial charge on any atom is -0.376 e. The molecule has 1 saturated heterocycles. The van der Waals surface area contributed by atoms with E-state index in [1.54, 1.807) is 14.2 Å². The molecule has 1 aromatic rings. The van der Waals surface area contributed by atoms with Gasteiger partial charge in [-0.1, -0.05) is 37.3 Å². The summed E-state index contributed by atoms with van der Waals surface area (Å²) in [6, 6.07) is 9.77. The Bertz CT molecular complexity index is 451. The molecule has 5 heteroatoms. The maximum absolute atomic E-state index is 12.3. The van der Waals surface area contributed by atoms with E-state index in [4.69, 9.17) is 14.2 Å². The highest BCUT2D eigenvalue weighted by molar-refractivity contribution is 5.82. The van der Waals surface area contributed by atoms with E-state index >= 15 is 0 Å². The van der Waals surface area contributed by atoms with Crippen LogP contribution in [0.15, 0.2) is 30.3 Å². The number of benzene rings is 1. The molecule has 1 amide bonds. The minimum atomic E-state index is -0.631. The fourth-order valence-corrected chi connectivity index (χ4v) is 2.70. The number of carbonyl (C=O) groups is 1. The van der Waals surface area contributed by atoms with Crippen molar-refractivity contribution in [1.29, 1.82) is 0 Å². The predicted molar refractivity (Wildman–Crippen MR) is 78.8 cm³/mol. The Kier molecular flexibility index (Phi) is 5.73. The molecule has 2 rings (SSSR count). The highest BCUT2D eigenvalue weighted by Crippen LogP contribution is 2.27. The molecule has 0 bridgehead atoms. The molecule has 1 heterocycles. The Hall–Kier alpha value is -1.43. The molecule has 1 aliphatic rings. The van der Waals surface area contributed by atoms with Crippen molar-refractivity contribution >= 4 is 5.91 Å². The molecule has 0 saturated carbocycles. The van der Waals surface area contributed by atoms with Gasteiger partial charge in [-0.2, -0.15) is 0 Å². The summed E-state index contributed by atoms with van der Waals surface area (Å²) in [4.78, 5) is 12.3. The molecule has 21 heavy (non-hydrogen) atoms. The van der Waals surface area contributed by atoms with Gasteiger partial charge in [-0.15, -0.1) is 0 Å². The maximum atomic E-state index is 12.3. The number of hydrogen-bond donors (Lipinski definition) is 1. The van der Waals surface area contributed by atoms with E-state index in [2.05, 4.69) is 5.32 Å². The molecule has 116 valence electrons. The minimum absolute atomic E-state index is 0.118. The molecule has 0 spiro atoms. The highest BCUT2D eigenvalue weighted by atomic mass is 16.6. The van der Waals surface area contributed by atoms with Crippen LogP contribution in [0.1, 0.15) is 18.9 Å². The molecule has 0 aliphatic carbocycles. The fourth-order valence-electron chi connectivity index (χ4n) is 2.70. The molecule has 4 atom stereocenters. The zero-order valence-corrected chi connectivity index (χ0v) is 12.7. The first-order valence-corrected chi connectivity index (χ1v) is 7.24. The molecule has 1 aromatic carbocycles. The summed E-state index contributed by atoms with van der Waals surface area (Å²) in [6.45, 7) is 2.48. The fraction of sp³-hybridized carbons (Fsp3) is 0.562. The number of ether oxygens (including phenoxy) is 3. The molecule has 1 N–H and O–H groups in total. The Labute approximate surface area is 125 Å². The third-order valence-corrected chi connectivity index (χ3v) is 3.82. The van der Waals surface area contributed by atoms with Crippen LogP contribution in [0.3, 0.4) is 0 Å². The number of hydrogen-bond acceptors (Lipinski definition) is 4. The van der Waals surface area contributed by atoms with Crippen LogP contribution in [-0.4, -0.2) is 44.5 Å². The summed E-state index contributed by atoms with van der Waals surface area (Å²) in [6.07, 6.45) is -0.565. The predicted octanol–water partition coefficient (Wildman–Crippen LogP) is 1.51. The Morgan fingerprint density at radius 3 is 2.43 bits per heavy atom. The summed E-state index contributed by atoms with van der Waals surface area (Å²) >= 11 is 0. The van der Waals surface area contributed by atoms with Gasteiger partial charge in [0.1, 0.15) is 12.2 Å². The van der Waals surface area contributed by atoms with Crippen LogP contribution in [0.2, 0.25) is 0 Å². The first-order chi connectivity index (χ1) is 10.2. The number of rotatable bonds is 6. The van der Waals surface area contributed by atoms with E-state index in [1.165, 1.54) is 0 Å². The van der Waals surface area contributed by atoms with Crippen LogP contribution >= 0.6 is 0 Å². The van der Waals surface area contributed by atoms with Gasteiger partial charge in [-0.25, -0.2) is 0 Å². The van der Waals surface area contributed by atoms with E-state index in [1.807, 2.05) is 37.3 Å². The number of carbonyl (C=O) groups excluding carboxylic acids is 1. The van der Waals surface area contributed by atoms with Crippen molar-refractivity contribution in [1.82, 2.24) is 5.32 Å². The average molecular weight is 293 g/mol. The molecular formula is C16H23NO4. The van der Waals surface area contributed by atoms with Gasteiger partial charge in [0.05, 0.1) is 6.10 Å². The standard InChI is InChI=1S/C16H23NO4/c1-4-12-13(19-2)14(20-3)15(21-12)16(18)17-10-11-8-6-5-7-9-11/h5-9,12-15H,4,10H2,1-3H3,(H,17,18)/t12-,13-,14+,15?/m1/s1. The lowest BCUT2D eigenvalue weighted by Crippen LogP contribution is -2.44. The molecule has 0 aromatic heterocycles. The second kappa shape index (κ2) is 7.54. The topological polar surface area (TPSA) is 56.8 Å². The normalized spacial score (nSPS) is 28.5. The lowest BCUT2D eigenvalue weighted by molar-refractivity contribution is -0.137. The molecule has 5 nitrogen and oxygen atoms in total. The van der Waals surface area contributed by atoms with E-state index in [-0.39, 0.29) is 24.2 Å². The maximum Gasteiger partial charge on any atom is 0.252 e. The van der Waals surface area contributed by atoms with Crippen molar-refractivity contribution in [3.8, 4) is 0 Å². The van der Waals surface area contributed by atoms with Crippen LogP contribution in [-0.2, 0) is 25.5 Å². The van der Waals surface area contributed by atoms with Crippen molar-refractivity contribution in [2.45, 2.75) is 44.3 Å². The van der Waals surface area contributed by atoms with Crippen molar-refractivity contribution in [2.24, 2.45) is 0 Å². The van der Waals surface area contributed by atoms with Crippen LogP contribution in [0.5, 0.6) is 0 Å². The first kappa shape index (κ1) is 15.9. The molecule has 0 radical (unpaired) electrons. The van der Waals surface area contributed by atoms with Crippen molar-refractivity contribution in [3.05, 3.63) is 35.9 Å². The number of nitrogens with one attached hydrogen (secondary N) is 1. The quantitative estimate of drug-likeness (QED) is 0.864. The zero-order chi connectivity index (χ0) is 15.2. The van der Waals surface area contributed by atoms with E-state index < -0.39 is 6.10 Å². The summed E-state index contributed by atoms with van der Waals surface area (Å²) in [5, 5.41) is 2.89. The molecule has 1 fully saturated rings. The monoisotopic (exact) mass is 293 g/mol. The Balaban J connectivity index is 1.98. The Morgan fingerprint density at radius 1 is 1.19 bits per heavy atom. The molecule has 1 aliphatic heterocycles. The van der Waals surface area contributed by atoms with Gasteiger partial charge < -0.3 is 19.5 Å². The van der Waals surface area contributed by atoms with Gasteiger partial charge in [-0.05, 0) is 12.0 Å². The third-order valence-electron chi connectivity index (χ3n) is 3.82. The van der Waals surface area contributed by atoms with Crippen LogP contribution in [0.25, 0.3) is 0 Å². The number of amides is 1. The summed E-state index contributed by atoms with van der Waals surface area (Å²) < 4.78 is 16.7. The van der Waals surface area contributed by atoms with Crippen molar-refractivity contribution in [2.75, 3.05) is 14.2 Å².